The van der Waals surface area contributed by atoms with Gasteiger partial charge in [-0.25, -0.2) is 0 Å². The molecule has 1 aromatic rings. The molecule has 0 nitrogen and oxygen atoms in total. The first-order chi connectivity index (χ1) is 6.43. The van der Waals surface area contributed by atoms with Gasteiger partial charge in [-0.2, -0.15) is 0 Å². The predicted molar refractivity (Wildman–Crippen MR) is 57.7 cm³/mol. The van der Waals surface area contributed by atoms with Crippen LogP contribution >= 0.6 is 0 Å². The molecule has 71 valence electrons. The maximum Gasteiger partial charge on any atom is -0.0184 e. The molecule has 0 saturated heterocycles. The average molecular weight is 175 g/mol. The normalized spacial score (nSPS) is 10.2. The van der Waals surface area contributed by atoms with Crippen LogP contribution in [0.1, 0.15) is 44.6 Å². The Morgan fingerprint density at radius 2 is 1.69 bits per heavy atom. The lowest BCUT2D eigenvalue weighted by molar-refractivity contribution is 0.632. The van der Waals surface area contributed by atoms with Crippen molar-refractivity contribution in [2.24, 2.45) is 0 Å². The van der Waals surface area contributed by atoms with Gasteiger partial charge in [0.25, 0.3) is 0 Å². The summed E-state index contributed by atoms with van der Waals surface area (Å²) in [7, 11) is 0. The summed E-state index contributed by atoms with van der Waals surface area (Å²) in [5, 5.41) is 0. The summed E-state index contributed by atoms with van der Waals surface area (Å²) < 4.78 is 0. The van der Waals surface area contributed by atoms with E-state index in [2.05, 4.69) is 25.1 Å². The molecular weight excluding hydrogens is 156 g/mol. The molecule has 0 saturated carbocycles. The van der Waals surface area contributed by atoms with E-state index in [9.17, 15) is 0 Å². The quantitative estimate of drug-likeness (QED) is 0.573. The second-order valence-electron chi connectivity index (χ2n) is 3.57. The smallest absolute Gasteiger partial charge is 0.0184 e. The SMILES string of the molecule is CCCCCCCc1cc[c]cc1. The van der Waals surface area contributed by atoms with Crippen LogP contribution in [-0.2, 0) is 6.42 Å². The first-order valence-electron chi connectivity index (χ1n) is 5.38. The number of hydrogen-bond donors (Lipinski definition) is 0. The molecule has 0 bridgehead atoms. The molecule has 13 heavy (non-hydrogen) atoms. The lowest BCUT2D eigenvalue weighted by Crippen LogP contribution is -1.84. The van der Waals surface area contributed by atoms with E-state index in [1.807, 2.05) is 12.1 Å². The van der Waals surface area contributed by atoms with Gasteiger partial charge in [0.15, 0.2) is 0 Å². The minimum absolute atomic E-state index is 1.23. The van der Waals surface area contributed by atoms with Crippen LogP contribution in [0.2, 0.25) is 0 Å². The van der Waals surface area contributed by atoms with Gasteiger partial charge in [-0.05, 0) is 24.5 Å². The van der Waals surface area contributed by atoms with Crippen LogP contribution in [0.4, 0.5) is 0 Å². The molecule has 0 atom stereocenters. The van der Waals surface area contributed by atoms with Crippen molar-refractivity contribution in [3.8, 4) is 0 Å². The highest BCUT2D eigenvalue weighted by Gasteiger charge is 1.91. The molecule has 0 aliphatic carbocycles. The van der Waals surface area contributed by atoms with E-state index >= 15 is 0 Å². The highest BCUT2D eigenvalue weighted by Crippen LogP contribution is 2.07. The highest BCUT2D eigenvalue weighted by molar-refractivity contribution is 5.13. The fraction of sp³-hybridized carbons (Fsp3) is 0.538. The molecule has 0 aliphatic rings. The summed E-state index contributed by atoms with van der Waals surface area (Å²) in [4.78, 5) is 0. The van der Waals surface area contributed by atoms with Crippen molar-refractivity contribution in [3.05, 3.63) is 35.9 Å². The van der Waals surface area contributed by atoms with E-state index in [-0.39, 0.29) is 0 Å². The van der Waals surface area contributed by atoms with Gasteiger partial charge in [0.05, 0.1) is 0 Å². The summed E-state index contributed by atoms with van der Waals surface area (Å²) in [5.74, 6) is 0. The fourth-order valence-corrected chi connectivity index (χ4v) is 1.52. The predicted octanol–water partition coefficient (Wildman–Crippen LogP) is 4.00. The minimum Gasteiger partial charge on any atom is -0.0654 e. The van der Waals surface area contributed by atoms with Gasteiger partial charge in [-0.1, -0.05) is 56.9 Å². The Morgan fingerprint density at radius 1 is 1.00 bits per heavy atom. The van der Waals surface area contributed by atoms with Gasteiger partial charge in [0, 0.05) is 0 Å². The maximum atomic E-state index is 3.04. The molecule has 0 heterocycles. The van der Waals surface area contributed by atoms with Crippen molar-refractivity contribution in [2.45, 2.75) is 45.4 Å². The fourth-order valence-electron chi connectivity index (χ4n) is 1.52. The van der Waals surface area contributed by atoms with Crippen LogP contribution in [-0.4, -0.2) is 0 Å². The Morgan fingerprint density at radius 3 is 2.38 bits per heavy atom. The Hall–Kier alpha value is -0.780. The summed E-state index contributed by atoms with van der Waals surface area (Å²) in [5.41, 5.74) is 1.45. The summed E-state index contributed by atoms with van der Waals surface area (Å²) >= 11 is 0. The van der Waals surface area contributed by atoms with Crippen molar-refractivity contribution in [1.82, 2.24) is 0 Å². The highest BCUT2D eigenvalue weighted by atomic mass is 14.0. The maximum absolute atomic E-state index is 3.04. The van der Waals surface area contributed by atoms with Crippen molar-refractivity contribution in [1.29, 1.82) is 0 Å². The van der Waals surface area contributed by atoms with Crippen molar-refractivity contribution in [2.75, 3.05) is 0 Å². The second-order valence-corrected chi connectivity index (χ2v) is 3.57. The zero-order chi connectivity index (χ0) is 9.36. The monoisotopic (exact) mass is 175 g/mol. The molecule has 0 spiro atoms. The molecule has 0 N–H and O–H groups in total. The van der Waals surface area contributed by atoms with E-state index in [1.165, 1.54) is 44.1 Å². The van der Waals surface area contributed by atoms with Crippen LogP contribution in [0, 0.1) is 6.07 Å². The third kappa shape index (κ3) is 4.72. The van der Waals surface area contributed by atoms with Gasteiger partial charge in [-0.3, -0.25) is 0 Å². The lowest BCUT2D eigenvalue weighted by Gasteiger charge is -2.00. The second kappa shape index (κ2) is 6.71. The Labute approximate surface area is 82.0 Å². The molecular formula is C13H19. The van der Waals surface area contributed by atoms with Crippen LogP contribution in [0.3, 0.4) is 0 Å². The van der Waals surface area contributed by atoms with Crippen LogP contribution in [0.5, 0.6) is 0 Å². The Balaban J connectivity index is 2.07. The molecule has 0 fully saturated rings. The van der Waals surface area contributed by atoms with Gasteiger partial charge < -0.3 is 0 Å². The standard InChI is InChI=1S/C13H19/c1-2-3-4-5-7-10-13-11-8-6-9-12-13/h8-9,11-12H,2-5,7,10H2,1H3. The zero-order valence-corrected chi connectivity index (χ0v) is 8.55. The van der Waals surface area contributed by atoms with Gasteiger partial charge in [-0.15, -0.1) is 0 Å². The van der Waals surface area contributed by atoms with Gasteiger partial charge in [0.2, 0.25) is 0 Å². The number of rotatable bonds is 6. The molecule has 0 heteroatoms. The third-order valence-electron chi connectivity index (χ3n) is 2.36. The summed E-state index contributed by atoms with van der Waals surface area (Å²) in [6.07, 6.45) is 8.08. The zero-order valence-electron chi connectivity index (χ0n) is 8.55. The molecule has 0 aromatic heterocycles. The van der Waals surface area contributed by atoms with Crippen LogP contribution in [0.15, 0.2) is 24.3 Å². The number of unbranched alkanes of at least 4 members (excludes halogenated alkanes) is 4. The number of benzene rings is 1. The molecule has 0 aliphatic heterocycles. The molecule has 1 radical (unpaired) electrons. The Bertz CT molecular complexity index is 201. The largest absolute Gasteiger partial charge is 0.0654 e. The Kier molecular flexibility index (Phi) is 5.31. The van der Waals surface area contributed by atoms with Crippen molar-refractivity contribution in [3.63, 3.8) is 0 Å². The van der Waals surface area contributed by atoms with E-state index in [0.29, 0.717) is 0 Å². The van der Waals surface area contributed by atoms with Crippen LogP contribution < -0.4 is 0 Å². The van der Waals surface area contributed by atoms with Crippen molar-refractivity contribution >= 4 is 0 Å². The minimum atomic E-state index is 1.23. The lowest BCUT2D eigenvalue weighted by atomic mass is 10.1. The van der Waals surface area contributed by atoms with E-state index < -0.39 is 0 Å². The van der Waals surface area contributed by atoms with Gasteiger partial charge in [0.1, 0.15) is 0 Å². The van der Waals surface area contributed by atoms with Crippen LogP contribution in [0.25, 0.3) is 0 Å². The van der Waals surface area contributed by atoms with E-state index in [0.717, 1.165) is 0 Å². The summed E-state index contributed by atoms with van der Waals surface area (Å²) in [6.45, 7) is 2.26. The average Bonchev–Trinajstić information content (AvgIpc) is 2.19. The third-order valence-corrected chi connectivity index (χ3v) is 2.36. The topological polar surface area (TPSA) is 0 Å². The van der Waals surface area contributed by atoms with E-state index in [4.69, 9.17) is 0 Å². The summed E-state index contributed by atoms with van der Waals surface area (Å²) in [6, 6.07) is 11.4. The van der Waals surface area contributed by atoms with E-state index in [1.54, 1.807) is 0 Å². The first kappa shape index (κ1) is 10.3. The molecule has 0 unspecified atom stereocenters. The molecule has 1 aromatic carbocycles. The van der Waals surface area contributed by atoms with Gasteiger partial charge >= 0.3 is 0 Å². The number of hydrogen-bond acceptors (Lipinski definition) is 0. The number of aryl methyl sites for hydroxylation is 1. The van der Waals surface area contributed by atoms with Crippen molar-refractivity contribution < 1.29 is 0 Å². The molecule has 0 amide bonds. The first-order valence-corrected chi connectivity index (χ1v) is 5.38. The molecule has 1 rings (SSSR count).